The average Bonchev–Trinajstić information content (AvgIpc) is 3.28. The molecule has 0 saturated heterocycles. The predicted octanol–water partition coefficient (Wildman–Crippen LogP) is 2.32. The Morgan fingerprint density at radius 1 is 1.16 bits per heavy atom. The number of carboxylic acids is 1. The van der Waals surface area contributed by atoms with Crippen LogP contribution >= 0.6 is 0 Å². The van der Waals surface area contributed by atoms with Crippen molar-refractivity contribution in [2.75, 3.05) is 26.7 Å². The molecule has 1 unspecified atom stereocenters. The van der Waals surface area contributed by atoms with Gasteiger partial charge < -0.3 is 30.8 Å². The number of imidazole rings is 1. The summed E-state index contributed by atoms with van der Waals surface area (Å²) in [6.45, 7) is 1.39. The molecule has 0 bridgehead atoms. The van der Waals surface area contributed by atoms with Crippen molar-refractivity contribution < 1.29 is 29.0 Å². The Morgan fingerprint density at radius 2 is 1.92 bits per heavy atom. The molecule has 0 spiro atoms. The first-order valence-electron chi connectivity index (χ1n) is 13.4. The number of ether oxygens (including phenoxy) is 1. The number of carbonyl (C=O) groups excluding carboxylic acids is 3. The Morgan fingerprint density at radius 3 is 2.61 bits per heavy atom. The van der Waals surface area contributed by atoms with Gasteiger partial charge in [0.15, 0.2) is 0 Å². The number of fused-ring (bicyclic) bond motifs is 1. The number of aliphatic carboxylic acids is 1. The first-order chi connectivity index (χ1) is 18.3. The molecule has 1 aromatic heterocycles. The SMILES string of the molecule is COC(=O)CNC(=O)c1ccc2c(c1)nc(C(CCCN)CNC(=O)CCC(=O)O)n2CC1CCCCC1. The summed E-state index contributed by atoms with van der Waals surface area (Å²) in [6.07, 6.45) is 7.08. The molecule has 1 saturated carbocycles. The van der Waals surface area contributed by atoms with E-state index in [0.717, 1.165) is 37.1 Å². The molecule has 38 heavy (non-hydrogen) atoms. The van der Waals surface area contributed by atoms with Crippen LogP contribution in [0.15, 0.2) is 18.2 Å². The van der Waals surface area contributed by atoms with Crippen LogP contribution in [0, 0.1) is 5.92 Å². The molecular formula is C27H39N5O6. The van der Waals surface area contributed by atoms with Crippen LogP contribution in [0.4, 0.5) is 0 Å². The standard InChI is InChI=1S/C27H39N5O6/c1-38-25(36)16-30-27(37)19-9-10-22-21(14-19)31-26(32(22)17-18-6-3-2-4-7-18)20(8-5-13-28)15-29-23(33)11-12-24(34)35/h9-10,14,18,20H,2-8,11-13,15-17,28H2,1H3,(H,29,33)(H,30,37)(H,34,35). The van der Waals surface area contributed by atoms with Gasteiger partial charge in [-0.2, -0.15) is 0 Å². The van der Waals surface area contributed by atoms with Gasteiger partial charge in [-0.3, -0.25) is 19.2 Å². The monoisotopic (exact) mass is 529 g/mol. The molecular weight excluding hydrogens is 490 g/mol. The van der Waals surface area contributed by atoms with Crippen LogP contribution in [0.1, 0.15) is 79.9 Å². The highest BCUT2D eigenvalue weighted by atomic mass is 16.5. The van der Waals surface area contributed by atoms with Crippen LogP contribution in [0.5, 0.6) is 0 Å². The summed E-state index contributed by atoms with van der Waals surface area (Å²) in [5.41, 5.74) is 7.77. The number of amides is 2. The summed E-state index contributed by atoms with van der Waals surface area (Å²) in [5, 5.41) is 14.3. The highest BCUT2D eigenvalue weighted by Gasteiger charge is 2.24. The van der Waals surface area contributed by atoms with Gasteiger partial charge in [0.2, 0.25) is 5.91 Å². The summed E-state index contributed by atoms with van der Waals surface area (Å²) >= 11 is 0. The van der Waals surface area contributed by atoms with Gasteiger partial charge in [-0.25, -0.2) is 4.98 Å². The molecule has 11 heteroatoms. The molecule has 11 nitrogen and oxygen atoms in total. The van der Waals surface area contributed by atoms with E-state index in [0.29, 0.717) is 36.5 Å². The number of aromatic nitrogens is 2. The lowest BCUT2D eigenvalue weighted by molar-refractivity contribution is -0.139. The van der Waals surface area contributed by atoms with Crippen LogP contribution in [-0.4, -0.2) is 65.2 Å². The predicted molar refractivity (Wildman–Crippen MR) is 142 cm³/mol. The molecule has 0 radical (unpaired) electrons. The molecule has 5 N–H and O–H groups in total. The molecule has 0 aliphatic heterocycles. The van der Waals surface area contributed by atoms with Crippen molar-refractivity contribution in [2.45, 2.75) is 70.3 Å². The molecule has 1 aromatic carbocycles. The maximum Gasteiger partial charge on any atom is 0.325 e. The zero-order valence-corrected chi connectivity index (χ0v) is 22.0. The van der Waals surface area contributed by atoms with Crippen molar-refractivity contribution in [2.24, 2.45) is 11.7 Å². The van der Waals surface area contributed by atoms with Crippen molar-refractivity contribution in [1.29, 1.82) is 0 Å². The van der Waals surface area contributed by atoms with Gasteiger partial charge in [0.1, 0.15) is 12.4 Å². The van der Waals surface area contributed by atoms with Crippen LogP contribution in [-0.2, 0) is 25.7 Å². The smallest absolute Gasteiger partial charge is 0.325 e. The third-order valence-corrected chi connectivity index (χ3v) is 7.06. The van der Waals surface area contributed by atoms with E-state index in [1.807, 2.05) is 6.07 Å². The summed E-state index contributed by atoms with van der Waals surface area (Å²) in [5.74, 6) is -1.05. The fourth-order valence-corrected chi connectivity index (χ4v) is 4.98. The average molecular weight is 530 g/mol. The van der Waals surface area contributed by atoms with Crippen LogP contribution in [0.3, 0.4) is 0 Å². The van der Waals surface area contributed by atoms with Gasteiger partial charge in [0.05, 0.1) is 24.6 Å². The number of esters is 1. The Balaban J connectivity index is 1.91. The summed E-state index contributed by atoms with van der Waals surface area (Å²) in [4.78, 5) is 52.1. The number of hydrogen-bond acceptors (Lipinski definition) is 7. The Bertz CT molecular complexity index is 1120. The maximum absolute atomic E-state index is 12.6. The third kappa shape index (κ3) is 8.27. The van der Waals surface area contributed by atoms with Crippen LogP contribution in [0.2, 0.25) is 0 Å². The summed E-state index contributed by atoms with van der Waals surface area (Å²) in [7, 11) is 1.26. The lowest BCUT2D eigenvalue weighted by Crippen LogP contribution is -2.30. The van der Waals surface area contributed by atoms with Crippen molar-refractivity contribution in [1.82, 2.24) is 20.2 Å². The quantitative estimate of drug-likeness (QED) is 0.271. The minimum Gasteiger partial charge on any atom is -0.481 e. The van der Waals surface area contributed by atoms with Crippen molar-refractivity contribution in [3.05, 3.63) is 29.6 Å². The fraction of sp³-hybridized carbons (Fsp3) is 0.593. The van der Waals surface area contributed by atoms with E-state index in [2.05, 4.69) is 19.9 Å². The van der Waals surface area contributed by atoms with Crippen molar-refractivity contribution in [3.63, 3.8) is 0 Å². The molecule has 1 aliphatic carbocycles. The third-order valence-electron chi connectivity index (χ3n) is 7.06. The van der Waals surface area contributed by atoms with E-state index >= 15 is 0 Å². The lowest BCUT2D eigenvalue weighted by Gasteiger charge is -2.25. The van der Waals surface area contributed by atoms with Crippen LogP contribution < -0.4 is 16.4 Å². The normalized spacial score (nSPS) is 14.7. The number of nitrogens with one attached hydrogen (secondary N) is 2. The number of benzene rings is 1. The van der Waals surface area contributed by atoms with Gasteiger partial charge in [-0.15, -0.1) is 0 Å². The van der Waals surface area contributed by atoms with Gasteiger partial charge in [-0.1, -0.05) is 19.3 Å². The first kappa shape index (κ1) is 29.1. The van der Waals surface area contributed by atoms with Gasteiger partial charge >= 0.3 is 11.9 Å². The first-order valence-corrected chi connectivity index (χ1v) is 13.4. The number of hydrogen-bond donors (Lipinski definition) is 4. The van der Waals surface area contributed by atoms with Gasteiger partial charge in [0.25, 0.3) is 5.91 Å². The Hall–Kier alpha value is -3.47. The number of nitrogens with zero attached hydrogens (tertiary/aromatic N) is 2. The minimum atomic E-state index is -1.01. The van der Waals surface area contributed by atoms with E-state index in [1.165, 1.54) is 26.4 Å². The van der Waals surface area contributed by atoms with Gasteiger partial charge in [0, 0.05) is 31.0 Å². The number of carbonyl (C=O) groups is 4. The number of rotatable bonds is 14. The zero-order chi connectivity index (χ0) is 27.5. The summed E-state index contributed by atoms with van der Waals surface area (Å²) < 4.78 is 6.80. The number of nitrogens with two attached hydrogens (primary N) is 1. The topological polar surface area (TPSA) is 166 Å². The largest absolute Gasteiger partial charge is 0.481 e. The second-order valence-corrected chi connectivity index (χ2v) is 9.87. The molecule has 1 atom stereocenters. The highest BCUT2D eigenvalue weighted by molar-refractivity contribution is 5.98. The number of carboxylic acid groups (broad SMARTS) is 1. The molecule has 2 amide bonds. The summed E-state index contributed by atoms with van der Waals surface area (Å²) in [6, 6.07) is 5.32. The van der Waals surface area contributed by atoms with E-state index in [-0.39, 0.29) is 31.2 Å². The molecule has 1 aliphatic rings. The van der Waals surface area contributed by atoms with E-state index in [1.54, 1.807) is 12.1 Å². The molecule has 208 valence electrons. The number of methoxy groups -OCH3 is 1. The second kappa shape index (κ2) is 14.5. The second-order valence-electron chi connectivity index (χ2n) is 9.87. The molecule has 3 rings (SSSR count). The fourth-order valence-electron chi connectivity index (χ4n) is 4.98. The van der Waals surface area contributed by atoms with Crippen LogP contribution in [0.25, 0.3) is 11.0 Å². The molecule has 1 fully saturated rings. The van der Waals surface area contributed by atoms with Crippen molar-refractivity contribution >= 4 is 34.8 Å². The minimum absolute atomic E-state index is 0.0819. The van der Waals surface area contributed by atoms with E-state index in [4.69, 9.17) is 15.8 Å². The Labute approximate surface area is 222 Å². The molecule has 1 heterocycles. The highest BCUT2D eigenvalue weighted by Crippen LogP contribution is 2.31. The van der Waals surface area contributed by atoms with E-state index < -0.39 is 17.8 Å². The Kier molecular flexibility index (Phi) is 11.1. The van der Waals surface area contributed by atoms with Gasteiger partial charge in [-0.05, 0) is 56.3 Å². The lowest BCUT2D eigenvalue weighted by atomic mass is 9.89. The maximum atomic E-state index is 12.6. The zero-order valence-electron chi connectivity index (χ0n) is 22.0. The van der Waals surface area contributed by atoms with Crippen molar-refractivity contribution in [3.8, 4) is 0 Å². The van der Waals surface area contributed by atoms with E-state index in [9.17, 15) is 19.2 Å². The molecule has 2 aromatic rings.